The minimum atomic E-state index is -1.12. The highest BCUT2D eigenvalue weighted by molar-refractivity contribution is 6.39. The second kappa shape index (κ2) is 15.5. The summed E-state index contributed by atoms with van der Waals surface area (Å²) < 4.78 is 8.68. The van der Waals surface area contributed by atoms with E-state index in [0.29, 0.717) is 99.4 Å². The normalized spacial score (nSPS) is 16.8. The molecule has 0 aliphatic carbocycles. The first-order valence-corrected chi connectivity index (χ1v) is 18.2. The molecule has 2 aromatic carbocycles. The van der Waals surface area contributed by atoms with Crippen LogP contribution >= 0.6 is 23.2 Å². The fourth-order valence-corrected chi connectivity index (χ4v) is 7.65. The van der Waals surface area contributed by atoms with Crippen molar-refractivity contribution in [2.75, 3.05) is 26.7 Å². The molecule has 0 spiro atoms. The number of hydrogen-bond donors (Lipinski definition) is 4. The summed E-state index contributed by atoms with van der Waals surface area (Å²) in [6.07, 6.45) is 2.08. The van der Waals surface area contributed by atoms with E-state index in [-0.39, 0.29) is 48.3 Å². The number of ether oxygens (including phenoxy) is 1. The molecule has 16 heteroatoms. The Labute approximate surface area is 320 Å². The van der Waals surface area contributed by atoms with Gasteiger partial charge in [-0.05, 0) is 30.5 Å². The molecule has 4 N–H and O–H groups in total. The van der Waals surface area contributed by atoms with Crippen molar-refractivity contribution >= 4 is 46.6 Å². The lowest BCUT2D eigenvalue weighted by molar-refractivity contribution is -0.120. The van der Waals surface area contributed by atoms with Crippen LogP contribution in [0, 0.1) is 5.92 Å². The average molecular weight is 774 g/mol. The van der Waals surface area contributed by atoms with Gasteiger partial charge in [0, 0.05) is 85.1 Å². The number of hydrogen-bond acceptors (Lipinski definition) is 8. The van der Waals surface area contributed by atoms with Crippen LogP contribution in [-0.2, 0) is 29.7 Å². The maximum absolute atomic E-state index is 13.4. The molecular formula is C38H38Cl2N8O6. The zero-order chi connectivity index (χ0) is 38.1. The molecule has 5 aromatic rings. The second-order valence-electron chi connectivity index (χ2n) is 13.5. The van der Waals surface area contributed by atoms with Gasteiger partial charge >= 0.3 is 6.09 Å². The van der Waals surface area contributed by atoms with Gasteiger partial charge < -0.3 is 30.7 Å². The van der Waals surface area contributed by atoms with Gasteiger partial charge in [0.15, 0.2) is 0 Å². The standard InChI is InChI=1S/C38H38Cl2N8O6/c1-46-31(17-41-15-21-13-33(50)42-16-21)45-48-19-23(14-30(48)37(46)51)25-5-3-6-26(34(25)39)27-7-4-8-28(35(27)40)29-11-9-22(36(44-29)54-2)18-47(38(52)53)20-24-10-12-32(49)43-24/h3-9,11,14,19,21,24,41H,10,12-13,15-18,20H2,1-2H3,(H,42,50)(H,43,49)(H,52,53)/t21-,24-/m0/s1. The number of carbonyl (C=O) groups is 3. The summed E-state index contributed by atoms with van der Waals surface area (Å²) in [4.78, 5) is 54.6. The van der Waals surface area contributed by atoms with E-state index in [1.807, 2.05) is 36.4 Å². The molecule has 2 aliphatic rings. The van der Waals surface area contributed by atoms with Gasteiger partial charge in [-0.3, -0.25) is 19.0 Å². The second-order valence-corrected chi connectivity index (χ2v) is 14.3. The predicted octanol–water partition coefficient (Wildman–Crippen LogP) is 4.73. The van der Waals surface area contributed by atoms with Crippen LogP contribution in [-0.4, -0.2) is 79.9 Å². The summed E-state index contributed by atoms with van der Waals surface area (Å²) in [5.74, 6) is 0.953. The maximum Gasteiger partial charge on any atom is 0.407 e. The molecule has 2 aliphatic heterocycles. The van der Waals surface area contributed by atoms with Crippen molar-refractivity contribution in [1.82, 2.24) is 40.0 Å². The smallest absolute Gasteiger partial charge is 0.407 e. The van der Waals surface area contributed by atoms with Crippen molar-refractivity contribution in [3.63, 3.8) is 0 Å². The number of carboxylic acid groups (broad SMARTS) is 1. The van der Waals surface area contributed by atoms with Crippen molar-refractivity contribution in [2.45, 2.75) is 38.4 Å². The Bertz CT molecular complexity index is 2340. The van der Waals surface area contributed by atoms with Gasteiger partial charge in [-0.15, -0.1) is 0 Å². The molecule has 2 saturated heterocycles. The number of nitrogens with one attached hydrogen (secondary N) is 3. The highest BCUT2D eigenvalue weighted by atomic mass is 35.5. The van der Waals surface area contributed by atoms with Gasteiger partial charge in [0.1, 0.15) is 11.3 Å². The van der Waals surface area contributed by atoms with Gasteiger partial charge in [0.2, 0.25) is 17.7 Å². The number of benzene rings is 2. The van der Waals surface area contributed by atoms with Crippen LogP contribution in [0.25, 0.3) is 39.0 Å². The van der Waals surface area contributed by atoms with Crippen LogP contribution in [0.5, 0.6) is 5.88 Å². The number of fused-ring (bicyclic) bond motifs is 1. The zero-order valence-electron chi connectivity index (χ0n) is 29.6. The highest BCUT2D eigenvalue weighted by Gasteiger charge is 2.27. The maximum atomic E-state index is 13.4. The minimum absolute atomic E-state index is 0.0185. The molecular weight excluding hydrogens is 735 g/mol. The van der Waals surface area contributed by atoms with Crippen LogP contribution < -0.4 is 26.2 Å². The lowest BCUT2D eigenvalue weighted by Crippen LogP contribution is -2.41. The van der Waals surface area contributed by atoms with E-state index >= 15 is 0 Å². The van der Waals surface area contributed by atoms with Crippen molar-refractivity contribution < 1.29 is 24.2 Å². The lowest BCUT2D eigenvalue weighted by Gasteiger charge is -2.23. The summed E-state index contributed by atoms with van der Waals surface area (Å²) in [6.45, 7) is 1.78. The summed E-state index contributed by atoms with van der Waals surface area (Å²) >= 11 is 14.2. The van der Waals surface area contributed by atoms with Gasteiger partial charge in [0.05, 0.1) is 35.9 Å². The van der Waals surface area contributed by atoms with Crippen molar-refractivity contribution in [1.29, 1.82) is 0 Å². The Morgan fingerprint density at radius 3 is 2.43 bits per heavy atom. The number of nitrogens with zero attached hydrogens (tertiary/aromatic N) is 5. The van der Waals surface area contributed by atoms with Gasteiger partial charge in [-0.25, -0.2) is 14.3 Å². The van der Waals surface area contributed by atoms with Crippen LogP contribution in [0.1, 0.15) is 30.7 Å². The molecule has 54 heavy (non-hydrogen) atoms. The fraction of sp³-hybridized carbons (Fsp3) is 0.316. The molecule has 2 fully saturated rings. The van der Waals surface area contributed by atoms with E-state index in [2.05, 4.69) is 16.0 Å². The number of carbonyl (C=O) groups excluding carboxylic acids is 2. The van der Waals surface area contributed by atoms with E-state index in [0.717, 1.165) is 0 Å². The first-order chi connectivity index (χ1) is 26.0. The number of aromatic nitrogens is 4. The summed E-state index contributed by atoms with van der Waals surface area (Å²) in [6, 6.07) is 16.2. The number of amides is 3. The van der Waals surface area contributed by atoms with Gasteiger partial charge in [0.25, 0.3) is 5.56 Å². The van der Waals surface area contributed by atoms with Crippen LogP contribution in [0.2, 0.25) is 10.0 Å². The molecule has 5 heterocycles. The SMILES string of the molecule is COc1nc(-c2cccc(-c3cccc(-c4cc5c(=O)n(C)c(CNC[C@H]6CNC(=O)C6)nn5c4)c3Cl)c2Cl)ccc1CN(C[C@@H]1CCC(=O)N1)C(=O)O. The summed E-state index contributed by atoms with van der Waals surface area (Å²) in [7, 11) is 3.15. The first kappa shape index (κ1) is 36.9. The average Bonchev–Trinajstić information content (AvgIpc) is 3.90. The van der Waals surface area contributed by atoms with Gasteiger partial charge in [-0.1, -0.05) is 59.6 Å². The molecule has 0 bridgehead atoms. The van der Waals surface area contributed by atoms with E-state index in [9.17, 15) is 24.3 Å². The van der Waals surface area contributed by atoms with Crippen molar-refractivity contribution in [2.24, 2.45) is 13.0 Å². The molecule has 2 atom stereocenters. The monoisotopic (exact) mass is 772 g/mol. The Balaban J connectivity index is 1.14. The topological polar surface area (TPSA) is 172 Å². The molecule has 14 nitrogen and oxygen atoms in total. The number of pyridine rings is 1. The summed E-state index contributed by atoms with van der Waals surface area (Å²) in [5, 5.41) is 24.4. The molecule has 0 radical (unpaired) electrons. The zero-order valence-corrected chi connectivity index (χ0v) is 31.1. The first-order valence-electron chi connectivity index (χ1n) is 17.5. The Hall–Kier alpha value is -5.44. The summed E-state index contributed by atoms with van der Waals surface area (Å²) in [5.41, 5.74) is 4.58. The molecule has 3 aromatic heterocycles. The number of methoxy groups -OCH3 is 1. The minimum Gasteiger partial charge on any atom is -0.481 e. The number of halogens is 2. The Morgan fingerprint density at radius 1 is 1.04 bits per heavy atom. The third kappa shape index (κ3) is 7.49. The largest absolute Gasteiger partial charge is 0.481 e. The van der Waals surface area contributed by atoms with E-state index < -0.39 is 6.09 Å². The van der Waals surface area contributed by atoms with E-state index in [1.54, 1.807) is 36.0 Å². The number of rotatable bonds is 12. The highest BCUT2D eigenvalue weighted by Crippen LogP contribution is 2.42. The van der Waals surface area contributed by atoms with Crippen molar-refractivity contribution in [3.05, 3.63) is 92.6 Å². The van der Waals surface area contributed by atoms with Crippen molar-refractivity contribution in [3.8, 4) is 39.4 Å². The third-order valence-corrected chi connectivity index (χ3v) is 10.7. The molecule has 280 valence electrons. The fourth-order valence-electron chi connectivity index (χ4n) is 6.99. The van der Waals surface area contributed by atoms with Crippen LogP contribution in [0.3, 0.4) is 0 Å². The van der Waals surface area contributed by atoms with Crippen LogP contribution in [0.4, 0.5) is 4.79 Å². The molecule has 7 rings (SSSR count). The quantitative estimate of drug-likeness (QED) is 0.140. The van der Waals surface area contributed by atoms with Gasteiger partial charge in [-0.2, -0.15) is 5.10 Å². The van der Waals surface area contributed by atoms with Crippen LogP contribution in [0.15, 0.2) is 65.6 Å². The molecule has 0 saturated carbocycles. The third-order valence-electron chi connectivity index (χ3n) is 9.88. The molecule has 0 unspecified atom stereocenters. The molecule has 3 amide bonds. The Kier molecular flexibility index (Phi) is 10.6. The predicted molar refractivity (Wildman–Crippen MR) is 204 cm³/mol. The van der Waals surface area contributed by atoms with E-state index in [1.165, 1.54) is 16.6 Å². The Morgan fingerprint density at radius 2 is 1.76 bits per heavy atom. The lowest BCUT2D eigenvalue weighted by atomic mass is 9.97. The van der Waals surface area contributed by atoms with E-state index in [4.69, 9.17) is 38.0 Å².